The Balaban J connectivity index is 1.48. The van der Waals surface area contributed by atoms with E-state index in [1.807, 2.05) is 24.4 Å². The summed E-state index contributed by atoms with van der Waals surface area (Å²) in [5, 5.41) is 12.1. The molecule has 0 aromatic carbocycles. The van der Waals surface area contributed by atoms with Crippen LogP contribution in [0, 0.1) is 4.77 Å². The lowest BCUT2D eigenvalue weighted by molar-refractivity contribution is -0.123. The Morgan fingerprint density at radius 1 is 1.37 bits per heavy atom. The van der Waals surface area contributed by atoms with E-state index in [0.29, 0.717) is 17.1 Å². The minimum Gasteiger partial charge on any atom is -0.354 e. The van der Waals surface area contributed by atoms with Crippen LogP contribution < -0.4 is 5.32 Å². The smallest absolute Gasteiger partial charge is 0.242 e. The second-order valence-corrected chi connectivity index (χ2v) is 8.13. The first kappa shape index (κ1) is 20.2. The molecule has 2 aromatic heterocycles. The van der Waals surface area contributed by atoms with E-state index in [9.17, 15) is 4.79 Å². The molecule has 7 nitrogen and oxygen atoms in total. The lowest BCUT2D eigenvalue weighted by Crippen LogP contribution is -2.46. The fourth-order valence-corrected chi connectivity index (χ4v) is 4.35. The Bertz CT molecular complexity index is 776. The monoisotopic (exact) mass is 408 g/mol. The van der Waals surface area contributed by atoms with E-state index in [1.54, 1.807) is 15.9 Å². The van der Waals surface area contributed by atoms with E-state index in [4.69, 9.17) is 12.2 Å². The Morgan fingerprint density at radius 2 is 2.11 bits per heavy atom. The molecule has 0 bridgehead atoms. The summed E-state index contributed by atoms with van der Waals surface area (Å²) in [5.41, 5.74) is 0. The van der Waals surface area contributed by atoms with Gasteiger partial charge in [0.25, 0.3) is 0 Å². The molecule has 1 saturated heterocycles. The molecule has 0 radical (unpaired) electrons. The van der Waals surface area contributed by atoms with Crippen molar-refractivity contribution in [2.75, 3.05) is 45.8 Å². The number of nitrogens with one attached hydrogen (secondary N) is 2. The van der Waals surface area contributed by atoms with Crippen LogP contribution in [0.15, 0.2) is 17.5 Å². The molecule has 0 spiro atoms. The molecule has 3 rings (SSSR count). The predicted molar refractivity (Wildman–Crippen MR) is 112 cm³/mol. The Morgan fingerprint density at radius 3 is 2.78 bits per heavy atom. The number of nitrogens with zero attached hydrogens (tertiary/aromatic N) is 4. The number of piperazine rings is 1. The van der Waals surface area contributed by atoms with E-state index in [2.05, 4.69) is 32.2 Å². The maximum atomic E-state index is 12.6. The summed E-state index contributed by atoms with van der Waals surface area (Å²) in [6.07, 6.45) is 0.957. The summed E-state index contributed by atoms with van der Waals surface area (Å²) >= 11 is 6.92. The number of carbonyl (C=O) groups is 1. The molecule has 148 valence electrons. The largest absolute Gasteiger partial charge is 0.354 e. The zero-order valence-corrected chi connectivity index (χ0v) is 17.6. The van der Waals surface area contributed by atoms with Crippen LogP contribution in [0.25, 0.3) is 10.7 Å². The number of amides is 1. The summed E-state index contributed by atoms with van der Waals surface area (Å²) in [7, 11) is 0. The average molecular weight is 409 g/mol. The minimum atomic E-state index is -0.401. The molecule has 3 heterocycles. The van der Waals surface area contributed by atoms with Gasteiger partial charge in [-0.25, -0.2) is 0 Å². The van der Waals surface area contributed by atoms with Gasteiger partial charge < -0.3 is 15.1 Å². The van der Waals surface area contributed by atoms with Crippen molar-refractivity contribution in [2.24, 2.45) is 0 Å². The van der Waals surface area contributed by atoms with Crippen molar-refractivity contribution < 1.29 is 4.79 Å². The van der Waals surface area contributed by atoms with Crippen molar-refractivity contribution >= 4 is 29.5 Å². The summed E-state index contributed by atoms with van der Waals surface area (Å²) in [4.78, 5) is 18.6. The predicted octanol–water partition coefficient (Wildman–Crippen LogP) is 2.37. The van der Waals surface area contributed by atoms with Crippen LogP contribution in [0.5, 0.6) is 0 Å². The SMILES string of the molecule is CCN1CCN(CCCNC(=O)C(C)n2c(-c3cccs3)n[nH]c2=S)CC1. The molecular formula is C18H28N6OS2. The zero-order chi connectivity index (χ0) is 19.2. The zero-order valence-electron chi connectivity index (χ0n) is 16.0. The summed E-state index contributed by atoms with van der Waals surface area (Å²) in [6, 6.07) is 3.55. The molecule has 27 heavy (non-hydrogen) atoms. The molecule has 2 aromatic rings. The Kier molecular flexibility index (Phi) is 7.17. The van der Waals surface area contributed by atoms with Gasteiger partial charge in [0.1, 0.15) is 6.04 Å². The maximum Gasteiger partial charge on any atom is 0.242 e. The highest BCUT2D eigenvalue weighted by Gasteiger charge is 2.21. The van der Waals surface area contributed by atoms with Gasteiger partial charge in [0.2, 0.25) is 5.91 Å². The number of hydrogen-bond acceptors (Lipinski definition) is 6. The van der Waals surface area contributed by atoms with Gasteiger partial charge in [-0.2, -0.15) is 5.10 Å². The van der Waals surface area contributed by atoms with Gasteiger partial charge >= 0.3 is 0 Å². The van der Waals surface area contributed by atoms with Gasteiger partial charge in [-0.1, -0.05) is 13.0 Å². The molecule has 1 aliphatic heterocycles. The quantitative estimate of drug-likeness (QED) is 0.518. The normalized spacial score (nSPS) is 17.1. The molecule has 1 aliphatic rings. The fourth-order valence-electron chi connectivity index (χ4n) is 3.35. The number of hydrogen-bond donors (Lipinski definition) is 2. The van der Waals surface area contributed by atoms with Crippen LogP contribution in [0.3, 0.4) is 0 Å². The summed E-state index contributed by atoms with van der Waals surface area (Å²) < 4.78 is 2.26. The van der Waals surface area contributed by atoms with Gasteiger partial charge in [0, 0.05) is 32.7 Å². The van der Waals surface area contributed by atoms with Crippen molar-refractivity contribution in [3.05, 3.63) is 22.3 Å². The molecule has 9 heteroatoms. The van der Waals surface area contributed by atoms with E-state index in [-0.39, 0.29) is 5.91 Å². The molecule has 1 fully saturated rings. The lowest BCUT2D eigenvalue weighted by Gasteiger charge is -2.34. The van der Waals surface area contributed by atoms with Gasteiger partial charge in [0.15, 0.2) is 10.6 Å². The Labute approximate surface area is 169 Å². The highest BCUT2D eigenvalue weighted by atomic mass is 32.1. The minimum absolute atomic E-state index is 0.0268. The van der Waals surface area contributed by atoms with Crippen molar-refractivity contribution in [1.29, 1.82) is 0 Å². The van der Waals surface area contributed by atoms with E-state index >= 15 is 0 Å². The van der Waals surface area contributed by atoms with Crippen LogP contribution in [0.1, 0.15) is 26.3 Å². The van der Waals surface area contributed by atoms with E-state index < -0.39 is 6.04 Å². The molecule has 1 atom stereocenters. The topological polar surface area (TPSA) is 69.2 Å². The van der Waals surface area contributed by atoms with E-state index in [0.717, 1.165) is 50.6 Å². The van der Waals surface area contributed by atoms with Crippen LogP contribution in [0.2, 0.25) is 0 Å². The number of carbonyl (C=O) groups excluding carboxylic acids is 1. The number of H-pyrrole nitrogens is 1. The van der Waals surface area contributed by atoms with Crippen LogP contribution >= 0.6 is 23.6 Å². The fraction of sp³-hybridized carbons (Fsp3) is 0.611. The molecular weight excluding hydrogens is 380 g/mol. The number of rotatable bonds is 8. The third-order valence-corrected chi connectivity index (χ3v) is 6.23. The van der Waals surface area contributed by atoms with E-state index in [1.165, 1.54) is 0 Å². The second-order valence-electron chi connectivity index (χ2n) is 6.80. The lowest BCUT2D eigenvalue weighted by atomic mass is 10.2. The van der Waals surface area contributed by atoms with Gasteiger partial charge in [0.05, 0.1) is 4.88 Å². The standard InChI is InChI=1S/C18H28N6OS2/c1-3-22-9-11-23(12-10-22)8-5-7-19-17(25)14(2)24-16(20-21-18(24)26)15-6-4-13-27-15/h4,6,13-14H,3,5,7-12H2,1-2H3,(H,19,25)(H,21,26). The number of aromatic amines is 1. The molecule has 0 saturated carbocycles. The maximum absolute atomic E-state index is 12.6. The second kappa shape index (κ2) is 9.59. The third-order valence-electron chi connectivity index (χ3n) is 5.08. The highest BCUT2D eigenvalue weighted by molar-refractivity contribution is 7.71. The van der Waals surface area contributed by atoms with Crippen LogP contribution in [-0.4, -0.2) is 76.3 Å². The molecule has 2 N–H and O–H groups in total. The number of aromatic nitrogens is 3. The summed E-state index contributed by atoms with van der Waals surface area (Å²) in [5.74, 6) is 0.688. The van der Waals surface area contributed by atoms with Crippen molar-refractivity contribution in [1.82, 2.24) is 29.9 Å². The molecule has 0 aliphatic carbocycles. The van der Waals surface area contributed by atoms with Crippen molar-refractivity contribution in [2.45, 2.75) is 26.3 Å². The first-order valence-electron chi connectivity index (χ1n) is 9.53. The Hall–Kier alpha value is -1.55. The number of likely N-dealkylation sites (N-methyl/N-ethyl adjacent to an activating group) is 1. The summed E-state index contributed by atoms with van der Waals surface area (Å²) in [6.45, 7) is 11.4. The van der Waals surface area contributed by atoms with Crippen molar-refractivity contribution in [3.8, 4) is 10.7 Å². The number of thiophene rings is 1. The molecule has 1 unspecified atom stereocenters. The van der Waals surface area contributed by atoms with Gasteiger partial charge in [-0.15, -0.1) is 11.3 Å². The van der Waals surface area contributed by atoms with Gasteiger partial charge in [-0.05, 0) is 50.1 Å². The van der Waals surface area contributed by atoms with Crippen molar-refractivity contribution in [3.63, 3.8) is 0 Å². The first-order chi connectivity index (χ1) is 13.1. The van der Waals surface area contributed by atoms with Crippen LogP contribution in [-0.2, 0) is 4.79 Å². The average Bonchev–Trinajstić information content (AvgIpc) is 3.34. The third kappa shape index (κ3) is 5.04. The first-order valence-corrected chi connectivity index (χ1v) is 10.8. The van der Waals surface area contributed by atoms with Gasteiger partial charge in [-0.3, -0.25) is 14.5 Å². The highest BCUT2D eigenvalue weighted by Crippen LogP contribution is 2.25. The molecule has 1 amide bonds. The van der Waals surface area contributed by atoms with Crippen LogP contribution in [0.4, 0.5) is 0 Å².